The summed E-state index contributed by atoms with van der Waals surface area (Å²) in [5, 5.41) is 2.92. The smallest absolute Gasteiger partial charge is 0.251 e. The van der Waals surface area contributed by atoms with Crippen LogP contribution >= 0.6 is 0 Å². The number of nitrogens with zero attached hydrogens (tertiary/aromatic N) is 1. The molecule has 0 spiro atoms. The molecule has 0 aliphatic carbocycles. The van der Waals surface area contributed by atoms with E-state index in [9.17, 15) is 13.2 Å². The van der Waals surface area contributed by atoms with E-state index >= 15 is 0 Å². The second-order valence-electron chi connectivity index (χ2n) is 6.71. The number of aromatic nitrogens is 1. The normalized spacial score (nSPS) is 12.2. The van der Waals surface area contributed by atoms with Gasteiger partial charge in [-0.25, -0.2) is 8.42 Å². The minimum atomic E-state index is -3.25. The molecule has 2 aromatic carbocycles. The SMILES string of the molecule is CC(NC(=O)c1cccc(OCc2cccnc2)c1)c1ccc(S(C)(=O)=O)cc1. The van der Waals surface area contributed by atoms with Crippen LogP contribution < -0.4 is 10.1 Å². The second kappa shape index (κ2) is 8.87. The number of benzene rings is 2. The number of pyridine rings is 1. The van der Waals surface area contributed by atoms with Crippen LogP contribution in [0.2, 0.25) is 0 Å². The van der Waals surface area contributed by atoms with E-state index in [2.05, 4.69) is 10.3 Å². The maximum Gasteiger partial charge on any atom is 0.251 e. The summed E-state index contributed by atoms with van der Waals surface area (Å²) in [6.07, 6.45) is 4.59. The highest BCUT2D eigenvalue weighted by Gasteiger charge is 2.14. The van der Waals surface area contributed by atoms with Crippen molar-refractivity contribution in [2.75, 3.05) is 6.26 Å². The Morgan fingerprint density at radius 1 is 1.10 bits per heavy atom. The van der Waals surface area contributed by atoms with Crippen LogP contribution in [0.3, 0.4) is 0 Å². The quantitative estimate of drug-likeness (QED) is 0.644. The van der Waals surface area contributed by atoms with Gasteiger partial charge in [-0.15, -0.1) is 0 Å². The second-order valence-corrected chi connectivity index (χ2v) is 8.73. The lowest BCUT2D eigenvalue weighted by Gasteiger charge is -2.15. The van der Waals surface area contributed by atoms with Crippen LogP contribution in [-0.2, 0) is 16.4 Å². The fourth-order valence-corrected chi connectivity index (χ4v) is 3.37. The van der Waals surface area contributed by atoms with E-state index in [4.69, 9.17) is 4.74 Å². The van der Waals surface area contributed by atoms with Crippen molar-refractivity contribution >= 4 is 15.7 Å². The molecular weight excluding hydrogens is 388 g/mol. The molecule has 0 aliphatic rings. The average molecular weight is 410 g/mol. The van der Waals surface area contributed by atoms with Gasteiger partial charge in [0, 0.05) is 29.8 Å². The zero-order valence-electron chi connectivity index (χ0n) is 16.2. The van der Waals surface area contributed by atoms with E-state index in [0.29, 0.717) is 17.9 Å². The summed E-state index contributed by atoms with van der Waals surface area (Å²) >= 11 is 0. The van der Waals surface area contributed by atoms with Crippen molar-refractivity contribution in [2.45, 2.75) is 24.5 Å². The first-order valence-corrected chi connectivity index (χ1v) is 10.9. The Bertz CT molecular complexity index is 1080. The summed E-state index contributed by atoms with van der Waals surface area (Å²) in [4.78, 5) is 16.9. The highest BCUT2D eigenvalue weighted by molar-refractivity contribution is 7.90. The molecule has 3 aromatic rings. The van der Waals surface area contributed by atoms with Gasteiger partial charge in [-0.05, 0) is 48.9 Å². The highest BCUT2D eigenvalue weighted by Crippen LogP contribution is 2.19. The molecule has 3 rings (SSSR count). The predicted molar refractivity (Wildman–Crippen MR) is 110 cm³/mol. The lowest BCUT2D eigenvalue weighted by Crippen LogP contribution is -2.26. The fourth-order valence-electron chi connectivity index (χ4n) is 2.74. The van der Waals surface area contributed by atoms with Crippen LogP contribution in [0.15, 0.2) is 78.0 Å². The van der Waals surface area contributed by atoms with Crippen LogP contribution in [-0.4, -0.2) is 25.6 Å². The first-order chi connectivity index (χ1) is 13.8. The molecule has 1 aromatic heterocycles. The first kappa shape index (κ1) is 20.5. The molecule has 0 radical (unpaired) electrons. The van der Waals surface area contributed by atoms with E-state index in [1.807, 2.05) is 19.1 Å². The molecule has 1 heterocycles. The molecule has 1 unspecified atom stereocenters. The Hall–Kier alpha value is -3.19. The number of hydrogen-bond donors (Lipinski definition) is 1. The minimum absolute atomic E-state index is 0.239. The summed E-state index contributed by atoms with van der Waals surface area (Å²) in [5.41, 5.74) is 2.23. The topological polar surface area (TPSA) is 85.4 Å². The molecule has 29 heavy (non-hydrogen) atoms. The highest BCUT2D eigenvalue weighted by atomic mass is 32.2. The van der Waals surface area contributed by atoms with E-state index in [0.717, 1.165) is 17.4 Å². The Kier molecular flexibility index (Phi) is 6.29. The van der Waals surface area contributed by atoms with Crippen LogP contribution in [0.4, 0.5) is 0 Å². The van der Waals surface area contributed by atoms with Crippen molar-refractivity contribution in [3.8, 4) is 5.75 Å². The zero-order valence-corrected chi connectivity index (χ0v) is 17.0. The Morgan fingerprint density at radius 2 is 1.86 bits per heavy atom. The summed E-state index contributed by atoms with van der Waals surface area (Å²) in [6, 6.07) is 16.9. The number of ether oxygens (including phenoxy) is 1. The molecule has 1 N–H and O–H groups in total. The molecule has 1 amide bonds. The van der Waals surface area contributed by atoms with Gasteiger partial charge in [0.05, 0.1) is 10.9 Å². The number of sulfone groups is 1. The van der Waals surface area contributed by atoms with Gasteiger partial charge < -0.3 is 10.1 Å². The third kappa shape index (κ3) is 5.65. The molecule has 0 aliphatic heterocycles. The largest absolute Gasteiger partial charge is 0.489 e. The lowest BCUT2D eigenvalue weighted by atomic mass is 10.1. The van der Waals surface area contributed by atoms with Crippen molar-refractivity contribution in [2.24, 2.45) is 0 Å². The molecule has 0 fully saturated rings. The summed E-state index contributed by atoms with van der Waals surface area (Å²) in [5.74, 6) is 0.350. The molecule has 150 valence electrons. The van der Waals surface area contributed by atoms with Gasteiger partial charge >= 0.3 is 0 Å². The number of nitrogens with one attached hydrogen (secondary N) is 1. The summed E-state index contributed by atoms with van der Waals surface area (Å²) in [7, 11) is -3.25. The van der Waals surface area contributed by atoms with Crippen molar-refractivity contribution in [3.05, 3.63) is 89.7 Å². The standard InChI is InChI=1S/C22H22N2O4S/c1-16(18-8-10-21(11-9-18)29(2,26)27)24-22(25)19-6-3-7-20(13-19)28-15-17-5-4-12-23-14-17/h3-14,16H,15H2,1-2H3,(H,24,25). The number of carbonyl (C=O) groups excluding carboxylic acids is 1. The minimum Gasteiger partial charge on any atom is -0.489 e. The maximum absolute atomic E-state index is 12.6. The van der Waals surface area contributed by atoms with E-state index in [1.165, 1.54) is 0 Å². The van der Waals surface area contributed by atoms with Gasteiger partial charge in [-0.2, -0.15) is 0 Å². The average Bonchev–Trinajstić information content (AvgIpc) is 2.72. The fraction of sp³-hybridized carbons (Fsp3) is 0.182. The molecule has 6 nitrogen and oxygen atoms in total. The molecule has 7 heteroatoms. The third-order valence-corrected chi connectivity index (χ3v) is 5.51. The predicted octanol–water partition coefficient (Wildman–Crippen LogP) is 3.56. The van der Waals surface area contributed by atoms with Crippen LogP contribution in [0.1, 0.15) is 34.5 Å². The van der Waals surface area contributed by atoms with Crippen molar-refractivity contribution in [1.29, 1.82) is 0 Å². The molecule has 0 bridgehead atoms. The van der Waals surface area contributed by atoms with Crippen LogP contribution in [0, 0.1) is 0 Å². The summed E-state index contributed by atoms with van der Waals surface area (Å²) < 4.78 is 28.9. The Labute approximate surface area is 170 Å². The van der Waals surface area contributed by atoms with Gasteiger partial charge in [0.25, 0.3) is 5.91 Å². The number of amides is 1. The molecule has 0 saturated carbocycles. The van der Waals surface area contributed by atoms with E-state index in [1.54, 1.807) is 60.9 Å². The maximum atomic E-state index is 12.6. The van der Waals surface area contributed by atoms with Gasteiger partial charge in [0.1, 0.15) is 12.4 Å². The molecule has 0 saturated heterocycles. The van der Waals surface area contributed by atoms with Gasteiger partial charge in [-0.3, -0.25) is 9.78 Å². The van der Waals surface area contributed by atoms with Crippen molar-refractivity contribution in [1.82, 2.24) is 10.3 Å². The summed E-state index contributed by atoms with van der Waals surface area (Å²) in [6.45, 7) is 2.21. The van der Waals surface area contributed by atoms with Crippen LogP contribution in [0.5, 0.6) is 5.75 Å². The Morgan fingerprint density at radius 3 is 2.52 bits per heavy atom. The molecular formula is C22H22N2O4S. The molecule has 1 atom stereocenters. The number of carbonyl (C=O) groups is 1. The monoisotopic (exact) mass is 410 g/mol. The van der Waals surface area contributed by atoms with Gasteiger partial charge in [0.2, 0.25) is 0 Å². The van der Waals surface area contributed by atoms with Crippen molar-refractivity contribution in [3.63, 3.8) is 0 Å². The lowest BCUT2D eigenvalue weighted by molar-refractivity contribution is 0.0939. The number of rotatable bonds is 7. The Balaban J connectivity index is 1.64. The number of hydrogen-bond acceptors (Lipinski definition) is 5. The third-order valence-electron chi connectivity index (χ3n) is 4.38. The van der Waals surface area contributed by atoms with E-state index in [-0.39, 0.29) is 16.8 Å². The van der Waals surface area contributed by atoms with Gasteiger partial charge in [0.15, 0.2) is 9.84 Å². The zero-order chi connectivity index (χ0) is 20.9. The van der Waals surface area contributed by atoms with Crippen molar-refractivity contribution < 1.29 is 17.9 Å². The van der Waals surface area contributed by atoms with E-state index < -0.39 is 9.84 Å². The first-order valence-electron chi connectivity index (χ1n) is 9.05. The van der Waals surface area contributed by atoms with Crippen LogP contribution in [0.25, 0.3) is 0 Å². The van der Waals surface area contributed by atoms with Gasteiger partial charge in [-0.1, -0.05) is 24.3 Å².